The van der Waals surface area contributed by atoms with Crippen LogP contribution in [0.25, 0.3) is 22.4 Å². The molecule has 0 aliphatic carbocycles. The molecule has 0 radical (unpaired) electrons. The fourth-order valence-electron chi connectivity index (χ4n) is 1.73. The molecule has 2 aromatic carbocycles. The van der Waals surface area contributed by atoms with Crippen LogP contribution < -0.4 is 0 Å². The topological polar surface area (TPSA) is 28.7 Å². The monoisotopic (exact) mass is 230 g/mol. The molecule has 1 heterocycles. The first-order valence-electron chi connectivity index (χ1n) is 5.14. The summed E-state index contributed by atoms with van der Waals surface area (Å²) >= 11 is 0. The van der Waals surface area contributed by atoms with Crippen molar-refractivity contribution in [1.29, 1.82) is 0 Å². The number of H-pyrrole nitrogens is 1. The third-order valence-electron chi connectivity index (χ3n) is 2.58. The van der Waals surface area contributed by atoms with Gasteiger partial charge in [-0.05, 0) is 30.3 Å². The van der Waals surface area contributed by atoms with E-state index in [-0.39, 0.29) is 0 Å². The zero-order valence-electron chi connectivity index (χ0n) is 8.74. The predicted molar refractivity (Wildman–Crippen MR) is 61.4 cm³/mol. The molecule has 0 bridgehead atoms. The van der Waals surface area contributed by atoms with Gasteiger partial charge in [-0.15, -0.1) is 0 Å². The molecule has 0 saturated heterocycles. The number of nitrogens with one attached hydrogen (secondary N) is 1. The van der Waals surface area contributed by atoms with Gasteiger partial charge in [0.15, 0.2) is 11.6 Å². The molecule has 0 fully saturated rings. The molecule has 0 aliphatic rings. The van der Waals surface area contributed by atoms with Crippen LogP contribution in [0.3, 0.4) is 0 Å². The van der Waals surface area contributed by atoms with Crippen LogP contribution in [-0.4, -0.2) is 9.97 Å². The van der Waals surface area contributed by atoms with Gasteiger partial charge in [0.25, 0.3) is 0 Å². The standard InChI is InChI=1S/C13H8F2N2/c14-9-6-5-8(7-10(9)15)13-16-11-3-1-2-4-12(11)17-13/h1-7H,(H,16,17). The van der Waals surface area contributed by atoms with Gasteiger partial charge in [0.2, 0.25) is 0 Å². The lowest BCUT2D eigenvalue weighted by atomic mass is 10.2. The third kappa shape index (κ3) is 1.67. The molecule has 84 valence electrons. The summed E-state index contributed by atoms with van der Waals surface area (Å²) in [7, 11) is 0. The Morgan fingerprint density at radius 1 is 0.941 bits per heavy atom. The number of para-hydroxylation sites is 2. The van der Waals surface area contributed by atoms with Gasteiger partial charge in [-0.2, -0.15) is 0 Å². The number of benzene rings is 2. The fourth-order valence-corrected chi connectivity index (χ4v) is 1.73. The molecule has 0 unspecified atom stereocenters. The van der Waals surface area contributed by atoms with E-state index in [0.717, 1.165) is 23.2 Å². The van der Waals surface area contributed by atoms with Crippen molar-refractivity contribution in [2.45, 2.75) is 0 Å². The molecule has 2 nitrogen and oxygen atoms in total. The molecule has 3 rings (SSSR count). The second-order valence-corrected chi connectivity index (χ2v) is 3.73. The number of hydrogen-bond donors (Lipinski definition) is 1. The van der Waals surface area contributed by atoms with E-state index in [1.807, 2.05) is 24.3 Å². The van der Waals surface area contributed by atoms with Crippen LogP contribution in [0.5, 0.6) is 0 Å². The summed E-state index contributed by atoms with van der Waals surface area (Å²) in [6, 6.07) is 11.2. The highest BCUT2D eigenvalue weighted by molar-refractivity contribution is 5.79. The van der Waals surface area contributed by atoms with Crippen LogP contribution in [0.2, 0.25) is 0 Å². The summed E-state index contributed by atoms with van der Waals surface area (Å²) in [6.45, 7) is 0. The number of fused-ring (bicyclic) bond motifs is 1. The summed E-state index contributed by atoms with van der Waals surface area (Å²) in [5.41, 5.74) is 2.19. The van der Waals surface area contributed by atoms with Gasteiger partial charge in [0, 0.05) is 5.56 Å². The lowest BCUT2D eigenvalue weighted by Gasteiger charge is -1.97. The van der Waals surface area contributed by atoms with Gasteiger partial charge in [-0.3, -0.25) is 0 Å². The number of aromatic amines is 1. The SMILES string of the molecule is Fc1ccc(-c2nc3ccccc3[nH]2)cc1F. The van der Waals surface area contributed by atoms with Crippen LogP contribution in [0.4, 0.5) is 8.78 Å². The largest absolute Gasteiger partial charge is 0.338 e. The summed E-state index contributed by atoms with van der Waals surface area (Å²) in [6.07, 6.45) is 0. The van der Waals surface area contributed by atoms with Crippen LogP contribution in [-0.2, 0) is 0 Å². The van der Waals surface area contributed by atoms with E-state index >= 15 is 0 Å². The number of halogens is 2. The maximum Gasteiger partial charge on any atom is 0.159 e. The number of rotatable bonds is 1. The molecule has 0 saturated carbocycles. The molecule has 0 amide bonds. The minimum Gasteiger partial charge on any atom is -0.338 e. The summed E-state index contributed by atoms with van der Waals surface area (Å²) < 4.78 is 25.9. The predicted octanol–water partition coefficient (Wildman–Crippen LogP) is 3.51. The zero-order chi connectivity index (χ0) is 11.8. The quantitative estimate of drug-likeness (QED) is 0.680. The Balaban J connectivity index is 2.17. The highest BCUT2D eigenvalue weighted by atomic mass is 19.2. The van der Waals surface area contributed by atoms with Gasteiger partial charge in [0.05, 0.1) is 11.0 Å². The van der Waals surface area contributed by atoms with Crippen molar-refractivity contribution in [3.63, 3.8) is 0 Å². The van der Waals surface area contributed by atoms with Crippen LogP contribution in [0, 0.1) is 11.6 Å². The van der Waals surface area contributed by atoms with Crippen LogP contribution in [0.15, 0.2) is 42.5 Å². The first kappa shape index (κ1) is 9.96. The first-order valence-corrected chi connectivity index (χ1v) is 5.14. The molecule has 1 N–H and O–H groups in total. The van der Waals surface area contributed by atoms with Crippen molar-refractivity contribution < 1.29 is 8.78 Å². The zero-order valence-corrected chi connectivity index (χ0v) is 8.74. The van der Waals surface area contributed by atoms with Gasteiger partial charge in [-0.25, -0.2) is 13.8 Å². The maximum atomic E-state index is 13.1. The van der Waals surface area contributed by atoms with Crippen molar-refractivity contribution >= 4 is 11.0 Å². The lowest BCUT2D eigenvalue weighted by molar-refractivity contribution is 0.509. The number of hydrogen-bond acceptors (Lipinski definition) is 1. The van der Waals surface area contributed by atoms with E-state index in [2.05, 4.69) is 9.97 Å². The average Bonchev–Trinajstić information content (AvgIpc) is 2.76. The summed E-state index contributed by atoms with van der Waals surface area (Å²) in [4.78, 5) is 7.37. The van der Waals surface area contributed by atoms with Gasteiger partial charge >= 0.3 is 0 Å². The smallest absolute Gasteiger partial charge is 0.159 e. The van der Waals surface area contributed by atoms with E-state index in [0.29, 0.717) is 11.4 Å². The highest BCUT2D eigenvalue weighted by Crippen LogP contribution is 2.21. The van der Waals surface area contributed by atoms with Crippen LogP contribution in [0.1, 0.15) is 0 Å². The number of imidazole rings is 1. The molecule has 0 spiro atoms. The number of nitrogens with zero attached hydrogens (tertiary/aromatic N) is 1. The highest BCUT2D eigenvalue weighted by Gasteiger charge is 2.08. The number of aromatic nitrogens is 2. The van der Waals surface area contributed by atoms with Crippen molar-refractivity contribution in [3.8, 4) is 11.4 Å². The fraction of sp³-hybridized carbons (Fsp3) is 0. The van der Waals surface area contributed by atoms with E-state index in [1.54, 1.807) is 0 Å². The van der Waals surface area contributed by atoms with Crippen LogP contribution >= 0.6 is 0 Å². The molecule has 0 atom stereocenters. The Morgan fingerprint density at radius 3 is 2.53 bits per heavy atom. The molecule has 4 heteroatoms. The first-order chi connectivity index (χ1) is 8.24. The van der Waals surface area contributed by atoms with Gasteiger partial charge in [0.1, 0.15) is 5.82 Å². The van der Waals surface area contributed by atoms with Crippen molar-refractivity contribution in [2.24, 2.45) is 0 Å². The molecule has 3 aromatic rings. The summed E-state index contributed by atoms with van der Waals surface area (Å²) in [5.74, 6) is -1.20. The average molecular weight is 230 g/mol. The Kier molecular flexibility index (Phi) is 2.14. The van der Waals surface area contributed by atoms with Gasteiger partial charge < -0.3 is 4.98 Å². The molecular weight excluding hydrogens is 222 g/mol. The molecule has 17 heavy (non-hydrogen) atoms. The van der Waals surface area contributed by atoms with Gasteiger partial charge in [-0.1, -0.05) is 12.1 Å². The minimum absolute atomic E-state index is 0.528. The van der Waals surface area contributed by atoms with E-state index in [4.69, 9.17) is 0 Å². The van der Waals surface area contributed by atoms with E-state index < -0.39 is 11.6 Å². The Morgan fingerprint density at radius 2 is 1.76 bits per heavy atom. The minimum atomic E-state index is -0.872. The second kappa shape index (κ2) is 3.66. The van der Waals surface area contributed by atoms with E-state index in [9.17, 15) is 8.78 Å². The summed E-state index contributed by atoms with van der Waals surface area (Å²) in [5, 5.41) is 0. The Bertz CT molecular complexity index is 656. The molecule has 1 aromatic heterocycles. The van der Waals surface area contributed by atoms with E-state index in [1.165, 1.54) is 6.07 Å². The lowest BCUT2D eigenvalue weighted by Crippen LogP contribution is -1.86. The van der Waals surface area contributed by atoms with Crippen molar-refractivity contribution in [2.75, 3.05) is 0 Å². The van der Waals surface area contributed by atoms with Crippen molar-refractivity contribution in [1.82, 2.24) is 9.97 Å². The molecular formula is C13H8F2N2. The maximum absolute atomic E-state index is 13.1. The van der Waals surface area contributed by atoms with Crippen molar-refractivity contribution in [3.05, 3.63) is 54.1 Å². The second-order valence-electron chi connectivity index (χ2n) is 3.73. The Labute approximate surface area is 95.9 Å². The normalized spacial score (nSPS) is 10.9. The Hall–Kier alpha value is -2.23. The molecule has 0 aliphatic heterocycles. The third-order valence-corrected chi connectivity index (χ3v) is 2.58.